The van der Waals surface area contributed by atoms with E-state index >= 15 is 0 Å². The van der Waals surface area contributed by atoms with Crippen molar-refractivity contribution in [2.75, 3.05) is 32.1 Å². The second-order valence-corrected chi connectivity index (χ2v) is 5.46. The van der Waals surface area contributed by atoms with Crippen LogP contribution in [0.1, 0.15) is 14.5 Å². The number of carbonyl (C=O) groups excluding carboxylic acids is 1. The van der Waals surface area contributed by atoms with E-state index in [-0.39, 0.29) is 5.91 Å². The van der Waals surface area contributed by atoms with Gasteiger partial charge in [0.25, 0.3) is 5.91 Å². The summed E-state index contributed by atoms with van der Waals surface area (Å²) in [5, 5.41) is 0. The van der Waals surface area contributed by atoms with Gasteiger partial charge in [0.1, 0.15) is 0 Å². The minimum absolute atomic E-state index is 0.0600. The Morgan fingerprint density at radius 1 is 1.59 bits per heavy atom. The highest BCUT2D eigenvalue weighted by molar-refractivity contribution is 7.98. The Morgan fingerprint density at radius 2 is 2.35 bits per heavy atom. The largest absolute Gasteiger partial charge is 0.340 e. The first kappa shape index (κ1) is 14.1. The van der Waals surface area contributed by atoms with Crippen LogP contribution in [0.15, 0.2) is 12.1 Å². The van der Waals surface area contributed by atoms with Crippen molar-refractivity contribution < 1.29 is 4.79 Å². The lowest BCUT2D eigenvalue weighted by Gasteiger charge is -2.14. The molecule has 0 radical (unpaired) electrons. The summed E-state index contributed by atoms with van der Waals surface area (Å²) in [7, 11) is 1.82. The number of nitrogens with zero attached hydrogens (tertiary/aromatic N) is 1. The molecule has 1 aromatic heterocycles. The Hall–Kier alpha value is -0.960. The van der Waals surface area contributed by atoms with Gasteiger partial charge in [-0.25, -0.2) is 0 Å². The number of amides is 1. The van der Waals surface area contributed by atoms with Crippen molar-refractivity contribution in [3.63, 3.8) is 0 Å². The minimum Gasteiger partial charge on any atom is -0.340 e. The van der Waals surface area contributed by atoms with Crippen LogP contribution in [0.25, 0.3) is 0 Å². The van der Waals surface area contributed by atoms with Crippen LogP contribution in [0.3, 0.4) is 0 Å². The Bertz CT molecular complexity index is 431. The molecule has 0 aliphatic rings. The molecule has 5 heteroatoms. The fourth-order valence-electron chi connectivity index (χ4n) is 1.18. The smallest absolute Gasteiger partial charge is 0.263 e. The van der Waals surface area contributed by atoms with Gasteiger partial charge < -0.3 is 10.6 Å². The Kier molecular flexibility index (Phi) is 6.12. The van der Waals surface area contributed by atoms with Crippen molar-refractivity contribution in [2.45, 2.75) is 0 Å². The van der Waals surface area contributed by atoms with Crippen LogP contribution < -0.4 is 5.73 Å². The summed E-state index contributed by atoms with van der Waals surface area (Å²) in [6.45, 7) is 1.11. The molecule has 0 saturated heterocycles. The summed E-state index contributed by atoms with van der Waals surface area (Å²) in [4.78, 5) is 15.3. The maximum absolute atomic E-state index is 12.0. The highest BCUT2D eigenvalue weighted by Gasteiger charge is 2.13. The van der Waals surface area contributed by atoms with Crippen molar-refractivity contribution >= 4 is 29.0 Å². The maximum Gasteiger partial charge on any atom is 0.263 e. The first-order valence-electron chi connectivity index (χ1n) is 5.22. The van der Waals surface area contributed by atoms with Crippen LogP contribution in [-0.4, -0.2) is 43.0 Å². The fourth-order valence-corrected chi connectivity index (χ4v) is 2.51. The van der Waals surface area contributed by atoms with Gasteiger partial charge in [-0.2, -0.15) is 11.8 Å². The lowest BCUT2D eigenvalue weighted by Crippen LogP contribution is -2.28. The maximum atomic E-state index is 12.0. The van der Waals surface area contributed by atoms with Crippen LogP contribution in [-0.2, 0) is 0 Å². The average Bonchev–Trinajstić information content (AvgIpc) is 2.81. The number of hydrogen-bond acceptors (Lipinski definition) is 4. The number of rotatable bonds is 4. The zero-order valence-electron chi connectivity index (χ0n) is 10.0. The molecule has 2 N–H and O–H groups in total. The van der Waals surface area contributed by atoms with E-state index in [2.05, 4.69) is 11.8 Å². The Balaban J connectivity index is 2.66. The van der Waals surface area contributed by atoms with E-state index in [0.717, 1.165) is 22.1 Å². The van der Waals surface area contributed by atoms with Crippen molar-refractivity contribution in [2.24, 2.45) is 5.73 Å². The first-order chi connectivity index (χ1) is 8.19. The van der Waals surface area contributed by atoms with E-state index in [0.29, 0.717) is 6.54 Å². The van der Waals surface area contributed by atoms with E-state index in [1.807, 2.05) is 25.4 Å². The molecule has 1 rings (SSSR count). The predicted octanol–water partition coefficient (Wildman–Crippen LogP) is 1.49. The van der Waals surface area contributed by atoms with Gasteiger partial charge >= 0.3 is 0 Å². The summed E-state index contributed by atoms with van der Waals surface area (Å²) in [5.41, 5.74) is 5.30. The van der Waals surface area contributed by atoms with Crippen LogP contribution in [0.5, 0.6) is 0 Å². The van der Waals surface area contributed by atoms with E-state index in [1.54, 1.807) is 16.7 Å². The van der Waals surface area contributed by atoms with E-state index in [1.165, 1.54) is 11.3 Å². The zero-order valence-corrected chi connectivity index (χ0v) is 11.7. The summed E-state index contributed by atoms with van der Waals surface area (Å²) < 4.78 is 0. The number of thioether (sulfide) groups is 1. The van der Waals surface area contributed by atoms with Gasteiger partial charge in [-0.3, -0.25) is 4.79 Å². The van der Waals surface area contributed by atoms with Crippen LogP contribution in [0.4, 0.5) is 0 Å². The highest BCUT2D eigenvalue weighted by Crippen LogP contribution is 2.17. The summed E-state index contributed by atoms with van der Waals surface area (Å²) >= 11 is 3.15. The summed E-state index contributed by atoms with van der Waals surface area (Å²) in [6, 6.07) is 3.69. The van der Waals surface area contributed by atoms with E-state index in [9.17, 15) is 4.79 Å². The highest BCUT2D eigenvalue weighted by atomic mass is 32.2. The van der Waals surface area contributed by atoms with Crippen LogP contribution in [0.2, 0.25) is 0 Å². The lowest BCUT2D eigenvalue weighted by molar-refractivity contribution is 0.0808. The van der Waals surface area contributed by atoms with Crippen LogP contribution in [0, 0.1) is 11.8 Å². The van der Waals surface area contributed by atoms with Crippen LogP contribution >= 0.6 is 23.1 Å². The zero-order chi connectivity index (χ0) is 12.7. The van der Waals surface area contributed by atoms with Gasteiger partial charge in [0.05, 0.1) is 16.3 Å². The second-order valence-electron chi connectivity index (χ2n) is 3.39. The van der Waals surface area contributed by atoms with Gasteiger partial charge in [0.15, 0.2) is 0 Å². The topological polar surface area (TPSA) is 46.3 Å². The summed E-state index contributed by atoms with van der Waals surface area (Å²) in [5.74, 6) is 6.72. The third-order valence-electron chi connectivity index (χ3n) is 2.11. The first-order valence-corrected chi connectivity index (χ1v) is 7.43. The molecule has 0 bridgehead atoms. The van der Waals surface area contributed by atoms with E-state index < -0.39 is 0 Å². The molecule has 17 heavy (non-hydrogen) atoms. The minimum atomic E-state index is 0.0600. The molecule has 0 aliphatic heterocycles. The summed E-state index contributed by atoms with van der Waals surface area (Å²) in [6.07, 6.45) is 2.03. The number of thiophene rings is 1. The molecule has 0 unspecified atom stereocenters. The van der Waals surface area contributed by atoms with E-state index in [4.69, 9.17) is 5.73 Å². The normalized spacial score (nSPS) is 9.59. The molecule has 0 spiro atoms. The monoisotopic (exact) mass is 268 g/mol. The fraction of sp³-hybridized carbons (Fsp3) is 0.417. The molecule has 92 valence electrons. The molecule has 3 nitrogen and oxygen atoms in total. The molecule has 0 aromatic carbocycles. The third-order valence-corrected chi connectivity index (χ3v) is 3.69. The van der Waals surface area contributed by atoms with Crippen molar-refractivity contribution in [1.82, 2.24) is 4.90 Å². The molecular formula is C12H16N2OS2. The lowest BCUT2D eigenvalue weighted by atomic mass is 10.4. The predicted molar refractivity (Wildman–Crippen MR) is 75.6 cm³/mol. The van der Waals surface area contributed by atoms with Gasteiger partial charge in [-0.1, -0.05) is 11.8 Å². The number of carbonyl (C=O) groups is 1. The van der Waals surface area contributed by atoms with Gasteiger partial charge in [0, 0.05) is 19.3 Å². The third kappa shape index (κ3) is 4.43. The van der Waals surface area contributed by atoms with Crippen molar-refractivity contribution in [3.8, 4) is 11.8 Å². The Labute approximate surface area is 110 Å². The average molecular weight is 268 g/mol. The van der Waals surface area contributed by atoms with Crippen molar-refractivity contribution in [3.05, 3.63) is 21.9 Å². The molecule has 0 fully saturated rings. The van der Waals surface area contributed by atoms with Gasteiger partial charge in [-0.05, 0) is 18.4 Å². The molecule has 0 atom stereocenters. The second kappa shape index (κ2) is 7.38. The molecule has 1 heterocycles. The molecule has 1 aromatic rings. The molecule has 1 amide bonds. The standard InChI is InChI=1S/C12H16N2OS2/c1-14(8-9-16-2)12(15)11-6-5-10(17-11)4-3-7-13/h5-6H,7-9,13H2,1-2H3. The Morgan fingerprint density at radius 3 is 3.00 bits per heavy atom. The number of hydrogen-bond donors (Lipinski definition) is 1. The molecular weight excluding hydrogens is 252 g/mol. The molecule has 0 aliphatic carbocycles. The SMILES string of the molecule is CSCCN(C)C(=O)c1ccc(C#CCN)s1. The number of nitrogens with two attached hydrogens (primary N) is 1. The van der Waals surface area contributed by atoms with Gasteiger partial charge in [0.2, 0.25) is 0 Å². The van der Waals surface area contributed by atoms with Crippen molar-refractivity contribution in [1.29, 1.82) is 0 Å². The van der Waals surface area contributed by atoms with Gasteiger partial charge in [-0.15, -0.1) is 11.3 Å². The molecule has 0 saturated carbocycles. The quantitative estimate of drug-likeness (QED) is 0.842.